The van der Waals surface area contributed by atoms with Gasteiger partial charge in [-0.3, -0.25) is 4.99 Å². The summed E-state index contributed by atoms with van der Waals surface area (Å²) in [4.78, 5) is 32.5. The number of ether oxygens (including phenoxy) is 2. The van der Waals surface area contributed by atoms with Crippen LogP contribution in [0.15, 0.2) is 33.7 Å². The first-order valence-electron chi connectivity index (χ1n) is 9.01. The molecule has 1 atom stereocenters. The zero-order chi connectivity index (χ0) is 19.6. The van der Waals surface area contributed by atoms with Gasteiger partial charge in [0.2, 0.25) is 0 Å². The molecule has 0 spiro atoms. The van der Waals surface area contributed by atoms with Crippen molar-refractivity contribution < 1.29 is 19.1 Å². The van der Waals surface area contributed by atoms with Crippen LogP contribution in [0.1, 0.15) is 32.8 Å². The third kappa shape index (κ3) is 3.66. The molecule has 0 bridgehead atoms. The molecule has 8 heteroatoms. The highest BCUT2D eigenvalue weighted by Gasteiger charge is 2.34. The molecular formula is C19H23N3O4S. The summed E-state index contributed by atoms with van der Waals surface area (Å²) < 4.78 is 9.99. The minimum Gasteiger partial charge on any atom is -0.462 e. The van der Waals surface area contributed by atoms with Crippen LogP contribution in [0.4, 0.5) is 5.69 Å². The Kier molecular flexibility index (Phi) is 5.74. The highest BCUT2D eigenvalue weighted by atomic mass is 32.2. The average Bonchev–Trinajstić information content (AvgIpc) is 3.19. The fraction of sp³-hybridized carbons (Fsp3) is 0.421. The van der Waals surface area contributed by atoms with Gasteiger partial charge in [-0.25, -0.2) is 9.59 Å². The molecule has 0 amide bonds. The van der Waals surface area contributed by atoms with Gasteiger partial charge in [0.25, 0.3) is 0 Å². The first-order valence-corrected chi connectivity index (χ1v) is 9.83. The van der Waals surface area contributed by atoms with E-state index in [0.29, 0.717) is 5.56 Å². The minimum atomic E-state index is -0.780. The summed E-state index contributed by atoms with van der Waals surface area (Å²) in [7, 11) is 0. The van der Waals surface area contributed by atoms with Crippen LogP contribution in [-0.2, 0) is 19.1 Å². The topological polar surface area (TPSA) is 94.2 Å². The molecule has 1 unspecified atom stereocenters. The molecule has 0 fully saturated rings. The Morgan fingerprint density at radius 1 is 1.22 bits per heavy atom. The van der Waals surface area contributed by atoms with E-state index < -0.39 is 11.9 Å². The Morgan fingerprint density at radius 3 is 2.48 bits per heavy atom. The molecule has 27 heavy (non-hydrogen) atoms. The predicted octanol–water partition coefficient (Wildman–Crippen LogP) is 2.54. The second-order valence-electron chi connectivity index (χ2n) is 6.10. The third-order valence-electron chi connectivity index (χ3n) is 4.38. The standard InChI is InChI=1S/C19H23N3O4S/c1-4-12-10-22-13-9-11(7-8-14(13)27-19(22)21-12)16(20)15(17(23)25-5-2)18(24)26-6-3/h7-9,12H,4-6,10,20H2,1-3H3. The lowest BCUT2D eigenvalue weighted by Gasteiger charge is -2.16. The SMILES string of the molecule is CCOC(=O)C(C(=O)OCC)=C(N)c1ccc2c(c1)N1CC(CC)N=C1S2. The number of amidine groups is 1. The third-order valence-corrected chi connectivity index (χ3v) is 5.45. The molecule has 3 rings (SSSR count). The van der Waals surface area contributed by atoms with E-state index in [1.54, 1.807) is 31.7 Å². The van der Waals surface area contributed by atoms with Gasteiger partial charge in [0, 0.05) is 17.0 Å². The normalized spacial score (nSPS) is 17.1. The Morgan fingerprint density at radius 2 is 1.89 bits per heavy atom. The molecule has 0 radical (unpaired) electrons. The maximum Gasteiger partial charge on any atom is 0.347 e. The van der Waals surface area contributed by atoms with Crippen molar-refractivity contribution >= 4 is 40.3 Å². The molecular weight excluding hydrogens is 366 g/mol. The molecule has 0 saturated heterocycles. The first-order chi connectivity index (χ1) is 13.0. The number of rotatable bonds is 6. The molecule has 7 nitrogen and oxygen atoms in total. The highest BCUT2D eigenvalue weighted by molar-refractivity contribution is 8.14. The van der Waals surface area contributed by atoms with Gasteiger partial charge in [-0.2, -0.15) is 0 Å². The lowest BCUT2D eigenvalue weighted by atomic mass is 10.1. The quantitative estimate of drug-likeness (QED) is 0.346. The number of hydrogen-bond acceptors (Lipinski definition) is 8. The number of nitrogens with zero attached hydrogens (tertiary/aromatic N) is 2. The summed E-state index contributed by atoms with van der Waals surface area (Å²) in [5.41, 5.74) is 7.55. The van der Waals surface area contributed by atoms with Crippen LogP contribution in [0.25, 0.3) is 5.70 Å². The molecule has 0 aliphatic carbocycles. The number of thioether (sulfide) groups is 1. The van der Waals surface area contributed by atoms with Crippen LogP contribution in [0.3, 0.4) is 0 Å². The van der Waals surface area contributed by atoms with Crippen LogP contribution in [-0.4, -0.2) is 42.9 Å². The van der Waals surface area contributed by atoms with Crippen molar-refractivity contribution in [3.63, 3.8) is 0 Å². The molecule has 2 N–H and O–H groups in total. The number of aliphatic imine (C=N–C) groups is 1. The zero-order valence-electron chi connectivity index (χ0n) is 15.7. The van der Waals surface area contributed by atoms with Crippen molar-refractivity contribution in [2.45, 2.75) is 38.1 Å². The first kappa shape index (κ1) is 19.3. The second-order valence-corrected chi connectivity index (χ2v) is 7.11. The van der Waals surface area contributed by atoms with Crippen molar-refractivity contribution in [3.05, 3.63) is 29.3 Å². The van der Waals surface area contributed by atoms with Gasteiger partial charge in [0.1, 0.15) is 0 Å². The monoisotopic (exact) mass is 389 g/mol. The van der Waals surface area contributed by atoms with E-state index in [1.807, 2.05) is 12.1 Å². The van der Waals surface area contributed by atoms with Crippen LogP contribution >= 0.6 is 11.8 Å². The number of anilines is 1. The molecule has 1 aromatic rings. The summed E-state index contributed by atoms with van der Waals surface area (Å²) in [6, 6.07) is 5.89. The number of hydrogen-bond donors (Lipinski definition) is 1. The lowest BCUT2D eigenvalue weighted by molar-refractivity contribution is -0.146. The van der Waals surface area contributed by atoms with Crippen LogP contribution in [0.2, 0.25) is 0 Å². The molecule has 2 aliphatic rings. The number of nitrogens with two attached hydrogens (primary N) is 1. The summed E-state index contributed by atoms with van der Waals surface area (Å²) in [5.74, 6) is -1.56. The van der Waals surface area contributed by atoms with Gasteiger partial charge in [-0.1, -0.05) is 13.0 Å². The van der Waals surface area contributed by atoms with E-state index >= 15 is 0 Å². The van der Waals surface area contributed by atoms with Crippen molar-refractivity contribution in [3.8, 4) is 0 Å². The van der Waals surface area contributed by atoms with E-state index in [9.17, 15) is 9.59 Å². The number of esters is 2. The summed E-state index contributed by atoms with van der Waals surface area (Å²) in [5, 5.41) is 0.979. The van der Waals surface area contributed by atoms with E-state index in [-0.39, 0.29) is 30.5 Å². The average molecular weight is 389 g/mol. The Bertz CT molecular complexity index is 814. The van der Waals surface area contributed by atoms with Gasteiger partial charge in [0.15, 0.2) is 10.7 Å². The smallest absolute Gasteiger partial charge is 0.347 e. The van der Waals surface area contributed by atoms with Crippen molar-refractivity contribution in [2.24, 2.45) is 10.7 Å². The second kappa shape index (κ2) is 8.04. The Labute approximate surface area is 162 Å². The van der Waals surface area contributed by atoms with Gasteiger partial charge >= 0.3 is 11.9 Å². The van der Waals surface area contributed by atoms with Crippen LogP contribution < -0.4 is 10.6 Å². The van der Waals surface area contributed by atoms with E-state index in [0.717, 1.165) is 28.7 Å². The summed E-state index contributed by atoms with van der Waals surface area (Å²) in [6.45, 7) is 6.56. The molecule has 144 valence electrons. The van der Waals surface area contributed by atoms with Gasteiger partial charge in [-0.05, 0) is 44.2 Å². The van der Waals surface area contributed by atoms with Crippen molar-refractivity contribution in [1.82, 2.24) is 0 Å². The number of carbonyl (C=O) groups excluding carboxylic acids is 2. The van der Waals surface area contributed by atoms with Gasteiger partial charge in [0.05, 0.1) is 30.6 Å². The largest absolute Gasteiger partial charge is 0.462 e. The van der Waals surface area contributed by atoms with Gasteiger partial charge < -0.3 is 20.1 Å². The van der Waals surface area contributed by atoms with Crippen molar-refractivity contribution in [1.29, 1.82) is 0 Å². The van der Waals surface area contributed by atoms with E-state index in [4.69, 9.17) is 20.2 Å². The van der Waals surface area contributed by atoms with E-state index in [1.165, 1.54) is 0 Å². The molecule has 2 heterocycles. The Hall–Kier alpha value is -2.48. The molecule has 0 aromatic heterocycles. The lowest BCUT2D eigenvalue weighted by Crippen LogP contribution is -2.24. The summed E-state index contributed by atoms with van der Waals surface area (Å²) in [6.07, 6.45) is 0.980. The fourth-order valence-corrected chi connectivity index (χ4v) is 4.08. The summed E-state index contributed by atoms with van der Waals surface area (Å²) >= 11 is 1.62. The highest BCUT2D eigenvalue weighted by Crippen LogP contribution is 2.44. The van der Waals surface area contributed by atoms with Gasteiger partial charge in [-0.15, -0.1) is 0 Å². The molecule has 2 aliphatic heterocycles. The fourth-order valence-electron chi connectivity index (χ4n) is 2.99. The minimum absolute atomic E-state index is 0.0522. The maximum absolute atomic E-state index is 12.3. The van der Waals surface area contributed by atoms with Crippen molar-refractivity contribution in [2.75, 3.05) is 24.7 Å². The van der Waals surface area contributed by atoms with E-state index in [2.05, 4.69) is 11.8 Å². The number of benzene rings is 1. The molecule has 0 saturated carbocycles. The number of carbonyl (C=O) groups is 2. The molecule has 1 aromatic carbocycles. The zero-order valence-corrected chi connectivity index (χ0v) is 16.5. The number of fused-ring (bicyclic) bond motifs is 3. The van der Waals surface area contributed by atoms with Crippen LogP contribution in [0, 0.1) is 0 Å². The Balaban J connectivity index is 1.99. The predicted molar refractivity (Wildman–Crippen MR) is 106 cm³/mol. The van der Waals surface area contributed by atoms with Crippen LogP contribution in [0.5, 0.6) is 0 Å². The maximum atomic E-state index is 12.3.